The summed E-state index contributed by atoms with van der Waals surface area (Å²) in [6.45, 7) is 7.37. The normalized spacial score (nSPS) is 24.8. The highest BCUT2D eigenvalue weighted by atomic mass is 79.9. The van der Waals surface area contributed by atoms with E-state index in [9.17, 15) is 0 Å². The molecule has 1 heterocycles. The highest BCUT2D eigenvalue weighted by Crippen LogP contribution is 2.27. The van der Waals surface area contributed by atoms with Crippen LogP contribution in [-0.4, -0.2) is 43.7 Å². The number of aryl methyl sites for hydroxylation is 1. The minimum atomic E-state index is 0.541. The van der Waals surface area contributed by atoms with Crippen LogP contribution in [0.5, 0.6) is 0 Å². The predicted octanol–water partition coefficient (Wildman–Crippen LogP) is 2.62. The molecule has 3 nitrogen and oxygen atoms in total. The molecule has 106 valence electrons. The number of rotatable bonds is 3. The van der Waals surface area contributed by atoms with Gasteiger partial charge in [0.05, 0.1) is 0 Å². The second-order valence-electron chi connectivity index (χ2n) is 5.61. The SMILES string of the molecule is Cc1cc(N2CC(CCN)N(C)CC2C)ccc1Br. The highest BCUT2D eigenvalue weighted by molar-refractivity contribution is 9.10. The molecule has 0 saturated carbocycles. The molecule has 1 aliphatic heterocycles. The highest BCUT2D eigenvalue weighted by Gasteiger charge is 2.28. The van der Waals surface area contributed by atoms with E-state index < -0.39 is 0 Å². The van der Waals surface area contributed by atoms with Gasteiger partial charge in [0, 0.05) is 35.3 Å². The standard InChI is InChI=1S/C15H24BrN3/c1-11-8-13(4-5-15(11)16)19-10-14(6-7-17)18(3)9-12(19)2/h4-5,8,12,14H,6-7,9-10,17H2,1-3H3. The molecule has 0 radical (unpaired) electrons. The third-order valence-electron chi connectivity index (χ3n) is 4.09. The van der Waals surface area contributed by atoms with Gasteiger partial charge in [-0.1, -0.05) is 15.9 Å². The number of halogens is 1. The van der Waals surface area contributed by atoms with E-state index in [-0.39, 0.29) is 0 Å². The molecule has 2 unspecified atom stereocenters. The predicted molar refractivity (Wildman–Crippen MR) is 85.8 cm³/mol. The first-order valence-corrected chi connectivity index (χ1v) is 7.75. The number of hydrogen-bond donors (Lipinski definition) is 1. The first kappa shape index (κ1) is 14.8. The smallest absolute Gasteiger partial charge is 0.0389 e. The summed E-state index contributed by atoms with van der Waals surface area (Å²) in [4.78, 5) is 4.96. The van der Waals surface area contributed by atoms with Crippen LogP contribution in [0.15, 0.2) is 22.7 Å². The van der Waals surface area contributed by atoms with Gasteiger partial charge in [0.25, 0.3) is 0 Å². The van der Waals surface area contributed by atoms with Gasteiger partial charge in [-0.15, -0.1) is 0 Å². The van der Waals surface area contributed by atoms with Gasteiger partial charge >= 0.3 is 0 Å². The Morgan fingerprint density at radius 1 is 1.37 bits per heavy atom. The summed E-state index contributed by atoms with van der Waals surface area (Å²) in [5.41, 5.74) is 8.35. The minimum Gasteiger partial charge on any atom is -0.366 e. The lowest BCUT2D eigenvalue weighted by Gasteiger charge is -2.45. The Hall–Kier alpha value is -0.580. The van der Waals surface area contributed by atoms with Gasteiger partial charge in [0.2, 0.25) is 0 Å². The van der Waals surface area contributed by atoms with Crippen LogP contribution in [0.2, 0.25) is 0 Å². The Balaban J connectivity index is 2.19. The van der Waals surface area contributed by atoms with Crippen molar-refractivity contribution in [2.24, 2.45) is 5.73 Å². The van der Waals surface area contributed by atoms with E-state index in [0.29, 0.717) is 12.1 Å². The third kappa shape index (κ3) is 3.30. The van der Waals surface area contributed by atoms with E-state index in [1.807, 2.05) is 0 Å². The van der Waals surface area contributed by atoms with Gasteiger partial charge in [0.1, 0.15) is 0 Å². The summed E-state index contributed by atoms with van der Waals surface area (Å²) in [7, 11) is 2.21. The lowest BCUT2D eigenvalue weighted by molar-refractivity contribution is 0.185. The van der Waals surface area contributed by atoms with Crippen LogP contribution in [0, 0.1) is 6.92 Å². The van der Waals surface area contributed by atoms with Crippen molar-refractivity contribution in [3.63, 3.8) is 0 Å². The summed E-state index contributed by atoms with van der Waals surface area (Å²) in [5, 5.41) is 0. The molecule has 0 aromatic heterocycles. The molecule has 2 atom stereocenters. The van der Waals surface area contributed by atoms with Crippen LogP contribution in [0.25, 0.3) is 0 Å². The topological polar surface area (TPSA) is 32.5 Å². The number of piperazine rings is 1. The molecule has 1 fully saturated rings. The Morgan fingerprint density at radius 2 is 2.11 bits per heavy atom. The van der Waals surface area contributed by atoms with Crippen LogP contribution in [0.3, 0.4) is 0 Å². The molecule has 0 aliphatic carbocycles. The van der Waals surface area contributed by atoms with Crippen LogP contribution < -0.4 is 10.6 Å². The fraction of sp³-hybridized carbons (Fsp3) is 0.600. The summed E-state index contributed by atoms with van der Waals surface area (Å²) >= 11 is 3.57. The monoisotopic (exact) mass is 325 g/mol. The molecule has 1 aliphatic rings. The number of anilines is 1. The van der Waals surface area contributed by atoms with Crippen LogP contribution >= 0.6 is 15.9 Å². The zero-order valence-corrected chi connectivity index (χ0v) is 13.7. The molecular formula is C15H24BrN3. The first-order valence-electron chi connectivity index (χ1n) is 6.96. The van der Waals surface area contributed by atoms with Crippen molar-refractivity contribution in [2.75, 3.05) is 31.6 Å². The summed E-state index contributed by atoms with van der Waals surface area (Å²) in [6.07, 6.45) is 1.06. The molecule has 1 aromatic carbocycles. The molecular weight excluding hydrogens is 302 g/mol. The average molecular weight is 326 g/mol. The van der Waals surface area contributed by atoms with Gasteiger partial charge in [-0.05, 0) is 57.6 Å². The van der Waals surface area contributed by atoms with Crippen molar-refractivity contribution >= 4 is 21.6 Å². The van der Waals surface area contributed by atoms with Crippen molar-refractivity contribution in [1.29, 1.82) is 0 Å². The first-order chi connectivity index (χ1) is 9.02. The summed E-state index contributed by atoms with van der Waals surface area (Å²) < 4.78 is 1.18. The van der Waals surface area contributed by atoms with Crippen LogP contribution in [-0.2, 0) is 0 Å². The van der Waals surface area contributed by atoms with Crippen molar-refractivity contribution < 1.29 is 0 Å². The minimum absolute atomic E-state index is 0.541. The Bertz CT molecular complexity index is 435. The van der Waals surface area contributed by atoms with E-state index in [4.69, 9.17) is 5.73 Å². The third-order valence-corrected chi connectivity index (χ3v) is 4.98. The second kappa shape index (κ2) is 6.25. The van der Waals surface area contributed by atoms with E-state index >= 15 is 0 Å². The van der Waals surface area contributed by atoms with Crippen molar-refractivity contribution in [2.45, 2.75) is 32.4 Å². The van der Waals surface area contributed by atoms with Gasteiger partial charge in [-0.3, -0.25) is 4.90 Å². The Kier molecular flexibility index (Phi) is 4.87. The van der Waals surface area contributed by atoms with E-state index in [1.54, 1.807) is 0 Å². The number of nitrogens with zero attached hydrogens (tertiary/aromatic N) is 2. The summed E-state index contributed by atoms with van der Waals surface area (Å²) in [6, 6.07) is 7.72. The maximum absolute atomic E-state index is 5.73. The molecule has 1 saturated heterocycles. The molecule has 0 bridgehead atoms. The molecule has 2 rings (SSSR count). The number of benzene rings is 1. The lowest BCUT2D eigenvalue weighted by atomic mass is 10.0. The van der Waals surface area contributed by atoms with Crippen molar-refractivity contribution in [3.8, 4) is 0 Å². The lowest BCUT2D eigenvalue weighted by Crippen LogP contribution is -2.56. The molecule has 19 heavy (non-hydrogen) atoms. The van der Waals surface area contributed by atoms with Crippen molar-refractivity contribution in [1.82, 2.24) is 4.90 Å². The number of likely N-dealkylation sites (N-methyl/N-ethyl adjacent to an activating group) is 1. The molecule has 0 amide bonds. The maximum atomic E-state index is 5.73. The Labute approximate surface area is 124 Å². The van der Waals surface area contributed by atoms with Gasteiger partial charge in [-0.2, -0.15) is 0 Å². The quantitative estimate of drug-likeness (QED) is 0.927. The molecule has 4 heteroatoms. The Morgan fingerprint density at radius 3 is 2.74 bits per heavy atom. The zero-order valence-electron chi connectivity index (χ0n) is 12.1. The van der Waals surface area contributed by atoms with Crippen LogP contribution in [0.4, 0.5) is 5.69 Å². The van der Waals surface area contributed by atoms with E-state index in [1.165, 1.54) is 15.7 Å². The zero-order chi connectivity index (χ0) is 14.0. The molecule has 1 aromatic rings. The summed E-state index contributed by atoms with van der Waals surface area (Å²) in [5.74, 6) is 0. The fourth-order valence-corrected chi connectivity index (χ4v) is 3.13. The van der Waals surface area contributed by atoms with Crippen molar-refractivity contribution in [3.05, 3.63) is 28.2 Å². The van der Waals surface area contributed by atoms with Gasteiger partial charge in [0.15, 0.2) is 0 Å². The number of nitrogens with two attached hydrogens (primary N) is 1. The number of hydrogen-bond acceptors (Lipinski definition) is 3. The van der Waals surface area contributed by atoms with Crippen LogP contribution in [0.1, 0.15) is 18.9 Å². The van der Waals surface area contributed by atoms with Gasteiger partial charge < -0.3 is 10.6 Å². The molecule has 2 N–H and O–H groups in total. The largest absolute Gasteiger partial charge is 0.366 e. The molecule has 0 spiro atoms. The van der Waals surface area contributed by atoms with E-state index in [0.717, 1.165) is 26.1 Å². The maximum Gasteiger partial charge on any atom is 0.0389 e. The average Bonchev–Trinajstić information content (AvgIpc) is 2.36. The fourth-order valence-electron chi connectivity index (χ4n) is 2.88. The second-order valence-corrected chi connectivity index (χ2v) is 6.46. The van der Waals surface area contributed by atoms with E-state index in [2.05, 4.69) is 64.8 Å². The van der Waals surface area contributed by atoms with Gasteiger partial charge in [-0.25, -0.2) is 0 Å².